The summed E-state index contributed by atoms with van der Waals surface area (Å²) >= 11 is 0. The fourth-order valence-electron chi connectivity index (χ4n) is 2.06. The van der Waals surface area contributed by atoms with Gasteiger partial charge < -0.3 is 0 Å². The number of rotatable bonds is 3. The maximum Gasteiger partial charge on any atom is -0.0132 e. The van der Waals surface area contributed by atoms with Gasteiger partial charge in [-0.15, -0.1) is 0 Å². The van der Waals surface area contributed by atoms with E-state index in [1.54, 1.807) is 0 Å². The van der Waals surface area contributed by atoms with Crippen LogP contribution in [0.15, 0.2) is 35.9 Å². The summed E-state index contributed by atoms with van der Waals surface area (Å²) in [5.41, 5.74) is 4.41. The molecule has 0 unspecified atom stereocenters. The third-order valence-corrected chi connectivity index (χ3v) is 2.46. The first-order valence-corrected chi connectivity index (χ1v) is 5.61. The first kappa shape index (κ1) is 12.0. The van der Waals surface area contributed by atoms with Crippen LogP contribution >= 0.6 is 0 Å². The Morgan fingerprint density at radius 1 is 1.13 bits per heavy atom. The molecule has 0 nitrogen and oxygen atoms in total. The van der Waals surface area contributed by atoms with E-state index >= 15 is 0 Å². The zero-order valence-electron chi connectivity index (χ0n) is 10.6. The van der Waals surface area contributed by atoms with Crippen LogP contribution in [-0.2, 0) is 6.42 Å². The van der Waals surface area contributed by atoms with Gasteiger partial charge in [-0.1, -0.05) is 55.3 Å². The molecule has 1 rings (SSSR count). The summed E-state index contributed by atoms with van der Waals surface area (Å²) in [5, 5.41) is 0. The second-order valence-electron chi connectivity index (χ2n) is 5.37. The minimum absolute atomic E-state index is 0.258. The van der Waals surface area contributed by atoms with Crippen molar-refractivity contribution in [2.45, 2.75) is 41.0 Å². The Labute approximate surface area is 94.0 Å². The molecule has 0 aliphatic rings. The van der Waals surface area contributed by atoms with Gasteiger partial charge in [0.05, 0.1) is 0 Å². The minimum Gasteiger partial charge on any atom is -0.0799 e. The van der Waals surface area contributed by atoms with Gasteiger partial charge in [-0.2, -0.15) is 0 Å². The van der Waals surface area contributed by atoms with Crippen LogP contribution in [-0.4, -0.2) is 0 Å². The molecule has 0 spiro atoms. The lowest BCUT2D eigenvalue weighted by atomic mass is 9.84. The molecule has 0 aromatic heterocycles. The van der Waals surface area contributed by atoms with Gasteiger partial charge in [-0.25, -0.2) is 0 Å². The summed E-state index contributed by atoms with van der Waals surface area (Å²) in [6, 6.07) is 8.84. The molecule has 0 N–H and O–H groups in total. The van der Waals surface area contributed by atoms with E-state index in [2.05, 4.69) is 65.0 Å². The first-order valence-electron chi connectivity index (χ1n) is 5.61. The van der Waals surface area contributed by atoms with Gasteiger partial charge in [0.15, 0.2) is 0 Å². The standard InChI is InChI=1S/C15H22/c1-12(2)10-15(4,5)11-14-8-6-13(3)7-9-14/h6-10H,11H2,1-5H3. The zero-order valence-corrected chi connectivity index (χ0v) is 10.6. The number of allylic oxidation sites excluding steroid dienone is 2. The van der Waals surface area contributed by atoms with Gasteiger partial charge in [-0.3, -0.25) is 0 Å². The SMILES string of the molecule is CC(C)=CC(C)(C)Cc1ccc(C)cc1. The Morgan fingerprint density at radius 2 is 1.67 bits per heavy atom. The van der Waals surface area contributed by atoms with Crippen LogP contribution in [0.25, 0.3) is 0 Å². The highest BCUT2D eigenvalue weighted by atomic mass is 14.2. The Bertz CT molecular complexity index is 335. The molecule has 0 fully saturated rings. The van der Waals surface area contributed by atoms with Crippen molar-refractivity contribution >= 4 is 0 Å². The number of hydrogen-bond acceptors (Lipinski definition) is 0. The van der Waals surface area contributed by atoms with Crippen LogP contribution in [0.5, 0.6) is 0 Å². The predicted octanol–water partition coefficient (Wildman–Crippen LogP) is 4.53. The van der Waals surface area contributed by atoms with Gasteiger partial charge in [0, 0.05) is 0 Å². The molecular weight excluding hydrogens is 180 g/mol. The van der Waals surface area contributed by atoms with Crippen molar-refractivity contribution in [3.63, 3.8) is 0 Å². The van der Waals surface area contributed by atoms with Crippen LogP contribution in [0, 0.1) is 12.3 Å². The molecule has 0 saturated heterocycles. The minimum atomic E-state index is 0.258. The van der Waals surface area contributed by atoms with Crippen molar-refractivity contribution in [3.05, 3.63) is 47.0 Å². The number of aryl methyl sites for hydroxylation is 1. The van der Waals surface area contributed by atoms with E-state index in [1.165, 1.54) is 16.7 Å². The van der Waals surface area contributed by atoms with Crippen molar-refractivity contribution in [2.24, 2.45) is 5.41 Å². The van der Waals surface area contributed by atoms with Gasteiger partial charge in [0.1, 0.15) is 0 Å². The zero-order chi connectivity index (χ0) is 11.5. The predicted molar refractivity (Wildman–Crippen MR) is 68.1 cm³/mol. The highest BCUT2D eigenvalue weighted by Gasteiger charge is 2.14. The average Bonchev–Trinajstić information content (AvgIpc) is 2.06. The molecule has 0 saturated carbocycles. The Hall–Kier alpha value is -1.04. The van der Waals surface area contributed by atoms with Crippen molar-refractivity contribution in [1.29, 1.82) is 0 Å². The first-order chi connectivity index (χ1) is 6.89. The highest BCUT2D eigenvalue weighted by Crippen LogP contribution is 2.25. The summed E-state index contributed by atoms with van der Waals surface area (Å²) in [4.78, 5) is 0. The van der Waals surface area contributed by atoms with E-state index in [-0.39, 0.29) is 5.41 Å². The fourth-order valence-corrected chi connectivity index (χ4v) is 2.06. The average molecular weight is 202 g/mol. The normalized spacial score (nSPS) is 11.3. The summed E-state index contributed by atoms with van der Waals surface area (Å²) in [6.45, 7) is 11.0. The number of hydrogen-bond donors (Lipinski definition) is 0. The maximum absolute atomic E-state index is 2.35. The monoisotopic (exact) mass is 202 g/mol. The second kappa shape index (κ2) is 4.65. The maximum atomic E-state index is 2.35. The van der Waals surface area contributed by atoms with E-state index in [0.29, 0.717) is 0 Å². The lowest BCUT2D eigenvalue weighted by Gasteiger charge is -2.21. The highest BCUT2D eigenvalue weighted by molar-refractivity contribution is 5.23. The molecule has 0 radical (unpaired) electrons. The van der Waals surface area contributed by atoms with Crippen molar-refractivity contribution in [2.75, 3.05) is 0 Å². The molecular formula is C15H22. The molecule has 1 aromatic rings. The Kier molecular flexibility index (Phi) is 3.73. The molecule has 0 atom stereocenters. The van der Waals surface area contributed by atoms with Crippen molar-refractivity contribution in [1.82, 2.24) is 0 Å². The molecule has 0 heterocycles. The molecule has 0 aliphatic carbocycles. The van der Waals surface area contributed by atoms with E-state index in [4.69, 9.17) is 0 Å². The quantitative estimate of drug-likeness (QED) is 0.632. The van der Waals surface area contributed by atoms with Gasteiger partial charge in [-0.05, 0) is 38.2 Å². The summed E-state index contributed by atoms with van der Waals surface area (Å²) < 4.78 is 0. The topological polar surface area (TPSA) is 0 Å². The van der Waals surface area contributed by atoms with E-state index in [9.17, 15) is 0 Å². The molecule has 15 heavy (non-hydrogen) atoms. The lowest BCUT2D eigenvalue weighted by molar-refractivity contribution is 0.474. The molecule has 0 bridgehead atoms. The van der Waals surface area contributed by atoms with Crippen LogP contribution in [0.2, 0.25) is 0 Å². The Morgan fingerprint density at radius 3 is 2.13 bits per heavy atom. The van der Waals surface area contributed by atoms with Crippen molar-refractivity contribution in [3.8, 4) is 0 Å². The van der Waals surface area contributed by atoms with E-state index in [0.717, 1.165) is 6.42 Å². The van der Waals surface area contributed by atoms with Crippen LogP contribution in [0.3, 0.4) is 0 Å². The van der Waals surface area contributed by atoms with Crippen molar-refractivity contribution < 1.29 is 0 Å². The molecule has 0 heteroatoms. The van der Waals surface area contributed by atoms with Gasteiger partial charge in [0.25, 0.3) is 0 Å². The molecule has 82 valence electrons. The summed E-state index contributed by atoms with van der Waals surface area (Å²) in [7, 11) is 0. The lowest BCUT2D eigenvalue weighted by Crippen LogP contribution is -2.12. The molecule has 0 aliphatic heterocycles. The summed E-state index contributed by atoms with van der Waals surface area (Å²) in [6.07, 6.45) is 3.46. The van der Waals surface area contributed by atoms with Crippen LogP contribution in [0.4, 0.5) is 0 Å². The third kappa shape index (κ3) is 4.33. The van der Waals surface area contributed by atoms with Crippen LogP contribution < -0.4 is 0 Å². The Balaban J connectivity index is 2.77. The van der Waals surface area contributed by atoms with Crippen LogP contribution in [0.1, 0.15) is 38.8 Å². The summed E-state index contributed by atoms with van der Waals surface area (Å²) in [5.74, 6) is 0. The third-order valence-electron chi connectivity index (χ3n) is 2.46. The van der Waals surface area contributed by atoms with E-state index < -0.39 is 0 Å². The fraction of sp³-hybridized carbons (Fsp3) is 0.467. The molecule has 1 aromatic carbocycles. The smallest absolute Gasteiger partial charge is 0.0132 e. The van der Waals surface area contributed by atoms with Gasteiger partial charge in [0.2, 0.25) is 0 Å². The largest absolute Gasteiger partial charge is 0.0799 e. The molecule has 0 amide bonds. The van der Waals surface area contributed by atoms with E-state index in [1.807, 2.05) is 0 Å². The van der Waals surface area contributed by atoms with Gasteiger partial charge >= 0.3 is 0 Å². The number of benzene rings is 1. The second-order valence-corrected chi connectivity index (χ2v) is 5.37.